The first kappa shape index (κ1) is 11.5. The summed E-state index contributed by atoms with van der Waals surface area (Å²) >= 11 is 6.14. The Kier molecular flexibility index (Phi) is 3.96. The summed E-state index contributed by atoms with van der Waals surface area (Å²) in [5.74, 6) is 0.584. The SMILES string of the molecule is CNCC(C)Cc1c(C)nn(C)c1Cl. The minimum Gasteiger partial charge on any atom is -0.319 e. The molecule has 0 aliphatic heterocycles. The van der Waals surface area contributed by atoms with Gasteiger partial charge >= 0.3 is 0 Å². The molecule has 0 saturated carbocycles. The molecule has 0 radical (unpaired) electrons. The van der Waals surface area contributed by atoms with Crippen molar-refractivity contribution < 1.29 is 0 Å². The molecule has 0 aromatic carbocycles. The van der Waals surface area contributed by atoms with Gasteiger partial charge in [-0.3, -0.25) is 4.68 Å². The minimum absolute atomic E-state index is 0.584. The monoisotopic (exact) mass is 215 g/mol. The van der Waals surface area contributed by atoms with Crippen molar-refractivity contribution in [1.29, 1.82) is 0 Å². The van der Waals surface area contributed by atoms with Gasteiger partial charge in [-0.25, -0.2) is 0 Å². The highest BCUT2D eigenvalue weighted by Crippen LogP contribution is 2.21. The molecule has 1 aromatic rings. The van der Waals surface area contributed by atoms with Crippen molar-refractivity contribution in [3.05, 3.63) is 16.4 Å². The number of nitrogens with zero attached hydrogens (tertiary/aromatic N) is 2. The first-order valence-corrected chi connectivity index (χ1v) is 5.26. The molecule has 0 saturated heterocycles. The van der Waals surface area contributed by atoms with E-state index in [0.29, 0.717) is 5.92 Å². The first-order valence-electron chi connectivity index (χ1n) is 4.88. The number of hydrogen-bond acceptors (Lipinski definition) is 2. The summed E-state index contributed by atoms with van der Waals surface area (Å²) in [5.41, 5.74) is 2.22. The summed E-state index contributed by atoms with van der Waals surface area (Å²) in [4.78, 5) is 0. The molecule has 14 heavy (non-hydrogen) atoms. The van der Waals surface area contributed by atoms with Crippen LogP contribution in [0.15, 0.2) is 0 Å². The molecule has 0 amide bonds. The Hall–Kier alpha value is -0.540. The van der Waals surface area contributed by atoms with Crippen molar-refractivity contribution in [3.63, 3.8) is 0 Å². The molecule has 1 heterocycles. The van der Waals surface area contributed by atoms with E-state index in [9.17, 15) is 0 Å². The molecule has 0 fully saturated rings. The third-order valence-corrected chi connectivity index (χ3v) is 2.85. The Morgan fingerprint density at radius 3 is 2.64 bits per heavy atom. The Morgan fingerprint density at radius 2 is 2.21 bits per heavy atom. The van der Waals surface area contributed by atoms with E-state index < -0.39 is 0 Å². The second-order valence-corrected chi connectivity index (χ2v) is 4.20. The predicted molar refractivity (Wildman–Crippen MR) is 59.7 cm³/mol. The zero-order chi connectivity index (χ0) is 10.7. The third kappa shape index (κ3) is 2.49. The van der Waals surface area contributed by atoms with Gasteiger partial charge in [-0.1, -0.05) is 18.5 Å². The molecule has 4 heteroatoms. The van der Waals surface area contributed by atoms with E-state index in [1.165, 1.54) is 5.56 Å². The van der Waals surface area contributed by atoms with Crippen molar-refractivity contribution in [2.45, 2.75) is 20.3 Å². The number of nitrogens with one attached hydrogen (secondary N) is 1. The van der Waals surface area contributed by atoms with Crippen molar-refractivity contribution in [3.8, 4) is 0 Å². The molecule has 1 unspecified atom stereocenters. The molecule has 1 N–H and O–H groups in total. The Labute approximate surface area is 90.4 Å². The van der Waals surface area contributed by atoms with E-state index in [-0.39, 0.29) is 0 Å². The molecular formula is C10H18ClN3. The molecule has 0 aliphatic carbocycles. The lowest BCUT2D eigenvalue weighted by Gasteiger charge is -2.09. The molecule has 0 bridgehead atoms. The summed E-state index contributed by atoms with van der Waals surface area (Å²) in [6.45, 7) is 5.22. The largest absolute Gasteiger partial charge is 0.319 e. The van der Waals surface area contributed by atoms with Crippen molar-refractivity contribution in [2.75, 3.05) is 13.6 Å². The summed E-state index contributed by atoms with van der Waals surface area (Å²) < 4.78 is 1.73. The second kappa shape index (κ2) is 4.80. The van der Waals surface area contributed by atoms with Gasteiger partial charge in [0.25, 0.3) is 0 Å². The standard InChI is InChI=1S/C10H18ClN3/c1-7(6-12-3)5-9-8(2)13-14(4)10(9)11/h7,12H,5-6H2,1-4H3. The van der Waals surface area contributed by atoms with Crippen molar-refractivity contribution in [2.24, 2.45) is 13.0 Å². The maximum absolute atomic E-state index is 6.14. The van der Waals surface area contributed by atoms with Crippen LogP contribution in [0.5, 0.6) is 0 Å². The molecule has 0 spiro atoms. The molecule has 1 rings (SSSR count). The normalized spacial score (nSPS) is 13.2. The molecule has 0 aliphatic rings. The third-order valence-electron chi connectivity index (χ3n) is 2.38. The number of aryl methyl sites for hydroxylation is 2. The molecule has 1 atom stereocenters. The van der Waals surface area contributed by atoms with Crippen LogP contribution < -0.4 is 5.32 Å². The fourth-order valence-electron chi connectivity index (χ4n) is 1.67. The highest BCUT2D eigenvalue weighted by Gasteiger charge is 2.13. The van der Waals surface area contributed by atoms with Gasteiger partial charge in [0.2, 0.25) is 0 Å². The van der Waals surface area contributed by atoms with Crippen molar-refractivity contribution >= 4 is 11.6 Å². The van der Waals surface area contributed by atoms with Crippen LogP contribution in [0, 0.1) is 12.8 Å². The van der Waals surface area contributed by atoms with E-state index in [1.807, 2.05) is 21.0 Å². The van der Waals surface area contributed by atoms with E-state index in [4.69, 9.17) is 11.6 Å². The maximum Gasteiger partial charge on any atom is 0.130 e. The van der Waals surface area contributed by atoms with Crippen molar-refractivity contribution in [1.82, 2.24) is 15.1 Å². The molecule has 3 nitrogen and oxygen atoms in total. The van der Waals surface area contributed by atoms with Crippen LogP contribution in [-0.2, 0) is 13.5 Å². The lowest BCUT2D eigenvalue weighted by Crippen LogP contribution is -2.18. The molecular weight excluding hydrogens is 198 g/mol. The number of aromatic nitrogens is 2. The van der Waals surface area contributed by atoms with Crippen LogP contribution in [0.1, 0.15) is 18.2 Å². The lowest BCUT2D eigenvalue weighted by atomic mass is 10.0. The first-order chi connectivity index (χ1) is 6.56. The average molecular weight is 216 g/mol. The van der Waals surface area contributed by atoms with Gasteiger partial charge in [-0.05, 0) is 32.9 Å². The van der Waals surface area contributed by atoms with Crippen LogP contribution in [0.3, 0.4) is 0 Å². The second-order valence-electron chi connectivity index (χ2n) is 3.85. The van der Waals surface area contributed by atoms with Crippen LogP contribution in [-0.4, -0.2) is 23.4 Å². The molecule has 80 valence electrons. The molecule has 1 aromatic heterocycles. The van der Waals surface area contributed by atoms with Gasteiger partial charge < -0.3 is 5.32 Å². The predicted octanol–water partition coefficient (Wildman–Crippen LogP) is 1.78. The van der Waals surface area contributed by atoms with Crippen LogP contribution >= 0.6 is 11.6 Å². The quantitative estimate of drug-likeness (QED) is 0.830. The number of hydrogen-bond donors (Lipinski definition) is 1. The van der Waals surface area contributed by atoms with Gasteiger partial charge in [0.15, 0.2) is 0 Å². The van der Waals surface area contributed by atoms with E-state index in [2.05, 4.69) is 17.3 Å². The zero-order valence-corrected chi connectivity index (χ0v) is 10.0. The number of rotatable bonds is 4. The summed E-state index contributed by atoms with van der Waals surface area (Å²) in [5, 5.41) is 8.22. The Bertz CT molecular complexity index is 307. The highest BCUT2D eigenvalue weighted by atomic mass is 35.5. The summed E-state index contributed by atoms with van der Waals surface area (Å²) in [6.07, 6.45) is 0.985. The highest BCUT2D eigenvalue weighted by molar-refractivity contribution is 6.30. The fraction of sp³-hybridized carbons (Fsp3) is 0.700. The average Bonchev–Trinajstić information content (AvgIpc) is 2.33. The minimum atomic E-state index is 0.584. The van der Waals surface area contributed by atoms with Gasteiger partial charge in [-0.15, -0.1) is 0 Å². The topological polar surface area (TPSA) is 29.9 Å². The Morgan fingerprint density at radius 1 is 1.57 bits per heavy atom. The van der Waals surface area contributed by atoms with Crippen LogP contribution in [0.4, 0.5) is 0 Å². The number of halogens is 1. The maximum atomic E-state index is 6.14. The Balaban J connectivity index is 2.75. The van der Waals surface area contributed by atoms with E-state index in [1.54, 1.807) is 4.68 Å². The van der Waals surface area contributed by atoms with E-state index in [0.717, 1.165) is 23.8 Å². The van der Waals surface area contributed by atoms with E-state index >= 15 is 0 Å². The summed E-state index contributed by atoms with van der Waals surface area (Å²) in [7, 11) is 3.84. The fourth-order valence-corrected chi connectivity index (χ4v) is 1.93. The smallest absolute Gasteiger partial charge is 0.130 e. The van der Waals surface area contributed by atoms with Gasteiger partial charge in [0.05, 0.1) is 5.69 Å². The van der Waals surface area contributed by atoms with Gasteiger partial charge in [0, 0.05) is 12.6 Å². The lowest BCUT2D eigenvalue weighted by molar-refractivity contribution is 0.540. The van der Waals surface area contributed by atoms with Gasteiger partial charge in [-0.2, -0.15) is 5.10 Å². The zero-order valence-electron chi connectivity index (χ0n) is 9.26. The van der Waals surface area contributed by atoms with Crippen LogP contribution in [0.25, 0.3) is 0 Å². The van der Waals surface area contributed by atoms with Gasteiger partial charge in [0.1, 0.15) is 5.15 Å². The van der Waals surface area contributed by atoms with Crippen LogP contribution in [0.2, 0.25) is 5.15 Å². The summed E-state index contributed by atoms with van der Waals surface area (Å²) in [6, 6.07) is 0.